The molecule has 1 unspecified atom stereocenters. The van der Waals surface area contributed by atoms with Crippen LogP contribution in [0.5, 0.6) is 0 Å². The van der Waals surface area contributed by atoms with Gasteiger partial charge in [-0.1, -0.05) is 19.1 Å². The molecular weight excluding hydrogens is 358 g/mol. The highest BCUT2D eigenvalue weighted by molar-refractivity contribution is 7.98. The Morgan fingerprint density at radius 3 is 2.63 bits per heavy atom. The van der Waals surface area contributed by atoms with Crippen LogP contribution >= 0.6 is 11.8 Å². The van der Waals surface area contributed by atoms with Crippen LogP contribution in [0.2, 0.25) is 0 Å². The minimum atomic E-state index is -0.542. The quantitative estimate of drug-likeness (QED) is 0.533. The molecule has 0 radical (unpaired) electrons. The summed E-state index contributed by atoms with van der Waals surface area (Å²) in [7, 11) is 0. The minimum Gasteiger partial charge on any atom is -0.462 e. The van der Waals surface area contributed by atoms with Crippen LogP contribution in [0.25, 0.3) is 0 Å². The van der Waals surface area contributed by atoms with E-state index in [1.807, 2.05) is 51.3 Å². The number of ether oxygens (including phenoxy) is 1. The summed E-state index contributed by atoms with van der Waals surface area (Å²) in [5, 5.41) is 0. The monoisotopic (exact) mass is 385 g/mol. The average molecular weight is 386 g/mol. The molecule has 0 saturated heterocycles. The fourth-order valence-corrected chi connectivity index (χ4v) is 4.25. The van der Waals surface area contributed by atoms with E-state index >= 15 is 0 Å². The van der Waals surface area contributed by atoms with Crippen molar-refractivity contribution in [2.75, 3.05) is 6.26 Å². The van der Waals surface area contributed by atoms with Crippen molar-refractivity contribution >= 4 is 29.2 Å². The Hall–Kier alpha value is -1.88. The summed E-state index contributed by atoms with van der Waals surface area (Å²) in [5.41, 5.74) is 3.30. The van der Waals surface area contributed by atoms with Crippen LogP contribution < -0.4 is 0 Å². The number of aliphatic imine (C=N–C) groups is 1. The van der Waals surface area contributed by atoms with E-state index in [2.05, 4.69) is 4.99 Å². The molecule has 0 bridgehead atoms. The molecule has 0 N–H and O–H groups in total. The lowest BCUT2D eigenvalue weighted by atomic mass is 9.72. The molecular formula is C22H27NO3S. The van der Waals surface area contributed by atoms with Crippen LogP contribution in [0.15, 0.2) is 45.4 Å². The van der Waals surface area contributed by atoms with Gasteiger partial charge >= 0.3 is 5.97 Å². The van der Waals surface area contributed by atoms with Crippen LogP contribution in [0.1, 0.15) is 57.9 Å². The Labute approximate surface area is 165 Å². The molecule has 0 spiro atoms. The largest absolute Gasteiger partial charge is 0.462 e. The zero-order chi connectivity index (χ0) is 19.6. The van der Waals surface area contributed by atoms with Crippen molar-refractivity contribution < 1.29 is 14.3 Å². The van der Waals surface area contributed by atoms with Crippen LogP contribution in [0, 0.1) is 5.92 Å². The smallest absolute Gasteiger partial charge is 0.315 e. The number of thioether (sulfide) groups is 1. The topological polar surface area (TPSA) is 55.7 Å². The number of carbonyl (C=O) groups is 2. The second kappa shape index (κ2) is 8.42. The van der Waals surface area contributed by atoms with Gasteiger partial charge < -0.3 is 4.74 Å². The summed E-state index contributed by atoms with van der Waals surface area (Å²) >= 11 is 1.67. The number of nitrogens with zero attached hydrogens (tertiary/aromatic N) is 1. The molecule has 0 saturated carbocycles. The predicted molar refractivity (Wildman–Crippen MR) is 109 cm³/mol. The Morgan fingerprint density at radius 1 is 1.30 bits per heavy atom. The van der Waals surface area contributed by atoms with Gasteiger partial charge in [-0.3, -0.25) is 14.6 Å². The summed E-state index contributed by atoms with van der Waals surface area (Å²) in [4.78, 5) is 31.7. The Bertz CT molecular complexity index is 794. The van der Waals surface area contributed by atoms with E-state index in [-0.39, 0.29) is 23.8 Å². The molecule has 1 aliphatic carbocycles. The predicted octanol–water partition coefficient (Wildman–Crippen LogP) is 4.93. The average Bonchev–Trinajstić information content (AvgIpc) is 2.67. The summed E-state index contributed by atoms with van der Waals surface area (Å²) in [6, 6.07) is 8.16. The fourth-order valence-electron chi connectivity index (χ4n) is 3.84. The van der Waals surface area contributed by atoms with Gasteiger partial charge in [0, 0.05) is 34.2 Å². The Balaban J connectivity index is 2.07. The first kappa shape index (κ1) is 19.9. The van der Waals surface area contributed by atoms with Crippen molar-refractivity contribution in [3.05, 3.63) is 41.1 Å². The van der Waals surface area contributed by atoms with E-state index < -0.39 is 5.92 Å². The fraction of sp³-hybridized carbons (Fsp3) is 0.500. The number of rotatable bonds is 5. The maximum Gasteiger partial charge on any atom is 0.315 e. The highest BCUT2D eigenvalue weighted by Crippen LogP contribution is 2.43. The number of benzene rings is 1. The number of carbonyl (C=O) groups excluding carboxylic acids is 2. The van der Waals surface area contributed by atoms with Crippen molar-refractivity contribution in [3.63, 3.8) is 0 Å². The first-order valence-electron chi connectivity index (χ1n) is 9.62. The zero-order valence-corrected chi connectivity index (χ0v) is 17.3. The first-order chi connectivity index (χ1) is 13.0. The Morgan fingerprint density at radius 2 is 2.00 bits per heavy atom. The molecule has 1 aromatic carbocycles. The number of ketones is 1. The maximum absolute atomic E-state index is 13.0. The second-order valence-electron chi connectivity index (χ2n) is 7.27. The van der Waals surface area contributed by atoms with E-state index in [4.69, 9.17) is 4.74 Å². The van der Waals surface area contributed by atoms with Gasteiger partial charge in [0.25, 0.3) is 0 Å². The molecule has 4 nitrogen and oxygen atoms in total. The summed E-state index contributed by atoms with van der Waals surface area (Å²) < 4.78 is 5.66. The van der Waals surface area contributed by atoms with E-state index in [1.165, 1.54) is 0 Å². The molecule has 144 valence electrons. The van der Waals surface area contributed by atoms with Gasteiger partial charge in [0.15, 0.2) is 5.78 Å². The molecule has 1 heterocycles. The van der Waals surface area contributed by atoms with Gasteiger partial charge in [0.2, 0.25) is 0 Å². The lowest BCUT2D eigenvalue weighted by molar-refractivity contribution is -0.151. The number of Topliss-reactive ketones (excluding diaryl/α,β-unsaturated/α-hetero) is 1. The van der Waals surface area contributed by atoms with Crippen molar-refractivity contribution in [2.24, 2.45) is 10.9 Å². The molecule has 0 fully saturated rings. The van der Waals surface area contributed by atoms with Gasteiger partial charge in [-0.25, -0.2) is 0 Å². The van der Waals surface area contributed by atoms with Crippen LogP contribution in [-0.4, -0.2) is 29.8 Å². The van der Waals surface area contributed by atoms with Crippen molar-refractivity contribution in [2.45, 2.75) is 63.4 Å². The van der Waals surface area contributed by atoms with Crippen molar-refractivity contribution in [1.82, 2.24) is 0 Å². The molecule has 0 amide bonds. The summed E-state index contributed by atoms with van der Waals surface area (Å²) in [6.07, 6.45) is 4.79. The van der Waals surface area contributed by atoms with Gasteiger partial charge in [0.05, 0.1) is 6.10 Å². The lowest BCUT2D eigenvalue weighted by Gasteiger charge is -2.35. The normalized spacial score (nSPS) is 23.6. The number of hydrogen-bond acceptors (Lipinski definition) is 5. The highest BCUT2D eigenvalue weighted by atomic mass is 32.2. The molecule has 0 aromatic heterocycles. The molecule has 27 heavy (non-hydrogen) atoms. The van der Waals surface area contributed by atoms with Crippen molar-refractivity contribution in [3.8, 4) is 0 Å². The van der Waals surface area contributed by atoms with E-state index in [1.54, 1.807) is 11.8 Å². The minimum absolute atomic E-state index is 0.118. The third-order valence-electron chi connectivity index (χ3n) is 5.46. The van der Waals surface area contributed by atoms with E-state index in [0.717, 1.165) is 46.7 Å². The maximum atomic E-state index is 13.0. The van der Waals surface area contributed by atoms with Crippen LogP contribution in [-0.2, 0) is 14.3 Å². The van der Waals surface area contributed by atoms with Gasteiger partial charge in [0.1, 0.15) is 5.92 Å². The third-order valence-corrected chi connectivity index (χ3v) is 6.20. The molecule has 3 atom stereocenters. The molecule has 1 aliphatic heterocycles. The van der Waals surface area contributed by atoms with E-state index in [9.17, 15) is 9.59 Å². The van der Waals surface area contributed by atoms with Gasteiger partial charge in [-0.15, -0.1) is 11.8 Å². The van der Waals surface area contributed by atoms with Crippen molar-refractivity contribution in [1.29, 1.82) is 0 Å². The Kier molecular flexibility index (Phi) is 6.20. The molecule has 1 aromatic rings. The molecule has 5 heteroatoms. The summed E-state index contributed by atoms with van der Waals surface area (Å²) in [6.45, 7) is 5.77. The van der Waals surface area contributed by atoms with E-state index in [0.29, 0.717) is 6.42 Å². The molecule has 2 aliphatic rings. The SMILES string of the molecule is CC[C@H](C)OC(=O)C1C(C)=NC2=C(C(=O)CCC2)[C@@H]1c1ccc(SC)cc1. The highest BCUT2D eigenvalue weighted by Gasteiger charge is 2.43. The number of hydrogen-bond donors (Lipinski definition) is 0. The second-order valence-corrected chi connectivity index (χ2v) is 8.15. The van der Waals surface area contributed by atoms with Gasteiger partial charge in [-0.05, 0) is 57.1 Å². The van der Waals surface area contributed by atoms with Crippen LogP contribution in [0.4, 0.5) is 0 Å². The summed E-state index contributed by atoms with van der Waals surface area (Å²) in [5.74, 6) is -1.01. The zero-order valence-electron chi connectivity index (χ0n) is 16.5. The lowest BCUT2D eigenvalue weighted by Crippen LogP contribution is -2.38. The number of esters is 1. The third kappa shape index (κ3) is 4.03. The first-order valence-corrected chi connectivity index (χ1v) is 10.8. The number of allylic oxidation sites excluding steroid dienone is 2. The molecule has 3 rings (SSSR count). The standard InChI is InChI=1S/C22H27NO3S/c1-5-13(2)26-22(25)19-14(3)23-17-7-6-8-18(24)21(17)20(19)15-9-11-16(27-4)12-10-15/h9-13,19-20H,5-8H2,1-4H3/t13-,19?,20+/m0/s1. The van der Waals surface area contributed by atoms with Gasteiger partial charge in [-0.2, -0.15) is 0 Å². The van der Waals surface area contributed by atoms with Crippen LogP contribution in [0.3, 0.4) is 0 Å².